The highest BCUT2D eigenvalue weighted by Gasteiger charge is 2.15. The van der Waals surface area contributed by atoms with Gasteiger partial charge in [-0.3, -0.25) is 0 Å². The van der Waals surface area contributed by atoms with Gasteiger partial charge in [0.15, 0.2) is 0 Å². The molecule has 4 aromatic rings. The molecule has 4 rings (SSSR count). The van der Waals surface area contributed by atoms with Gasteiger partial charge >= 0.3 is 5.97 Å². The van der Waals surface area contributed by atoms with E-state index in [0.717, 1.165) is 28.1 Å². The molecule has 0 saturated carbocycles. The molecular weight excluding hydrogens is 360 g/mol. The molecule has 5 heteroatoms. The van der Waals surface area contributed by atoms with Crippen molar-refractivity contribution in [2.75, 3.05) is 0 Å². The Kier molecular flexibility index (Phi) is 4.48. The standard InChI is InChI=1S/C22H15ClN2O2/c23-18-12-10-15(11-13-18)20-19(14-4-2-1-3-5-14)24-21(25-20)16-6-8-17(9-7-16)22(26)27/h1-13H,(H,24,25)(H,26,27). The lowest BCUT2D eigenvalue weighted by atomic mass is 10.1. The molecule has 0 atom stereocenters. The molecule has 1 aromatic heterocycles. The van der Waals surface area contributed by atoms with Crippen LogP contribution in [-0.2, 0) is 0 Å². The number of carboxylic acid groups (broad SMARTS) is 1. The Bertz CT molecular complexity index is 1090. The van der Waals surface area contributed by atoms with E-state index in [1.807, 2.05) is 54.6 Å². The van der Waals surface area contributed by atoms with E-state index in [1.54, 1.807) is 24.3 Å². The number of hydrogen-bond acceptors (Lipinski definition) is 2. The topological polar surface area (TPSA) is 66.0 Å². The molecule has 0 aliphatic heterocycles. The van der Waals surface area contributed by atoms with Gasteiger partial charge in [0.05, 0.1) is 17.0 Å². The second kappa shape index (κ2) is 7.09. The van der Waals surface area contributed by atoms with Crippen molar-refractivity contribution in [2.45, 2.75) is 0 Å². The van der Waals surface area contributed by atoms with E-state index in [0.29, 0.717) is 10.8 Å². The third kappa shape index (κ3) is 3.48. The fourth-order valence-corrected chi connectivity index (χ4v) is 3.04. The van der Waals surface area contributed by atoms with Crippen molar-refractivity contribution < 1.29 is 9.90 Å². The Hall–Kier alpha value is -3.37. The predicted octanol–water partition coefficient (Wildman–Crippen LogP) is 5.76. The molecule has 4 nitrogen and oxygen atoms in total. The highest BCUT2D eigenvalue weighted by molar-refractivity contribution is 6.30. The zero-order chi connectivity index (χ0) is 18.8. The quantitative estimate of drug-likeness (QED) is 0.477. The van der Waals surface area contributed by atoms with Gasteiger partial charge in [0.2, 0.25) is 0 Å². The summed E-state index contributed by atoms with van der Waals surface area (Å²) in [6.07, 6.45) is 0. The summed E-state index contributed by atoms with van der Waals surface area (Å²) in [7, 11) is 0. The van der Waals surface area contributed by atoms with E-state index in [-0.39, 0.29) is 5.56 Å². The first kappa shape index (κ1) is 17.1. The summed E-state index contributed by atoms with van der Waals surface area (Å²) in [5.74, 6) is -0.274. The molecular formula is C22H15ClN2O2. The van der Waals surface area contributed by atoms with Crippen LogP contribution in [0.25, 0.3) is 33.9 Å². The normalized spacial score (nSPS) is 10.7. The molecule has 132 valence electrons. The van der Waals surface area contributed by atoms with Gasteiger partial charge in [-0.25, -0.2) is 9.78 Å². The SMILES string of the molecule is O=C(O)c1ccc(-c2nc(-c3ccccc3)c(-c3ccc(Cl)cc3)[nH]2)cc1. The maximum atomic E-state index is 11.1. The Morgan fingerprint density at radius 3 is 2.07 bits per heavy atom. The van der Waals surface area contributed by atoms with Crippen LogP contribution in [0, 0.1) is 0 Å². The van der Waals surface area contributed by atoms with E-state index >= 15 is 0 Å². The average Bonchev–Trinajstić information content (AvgIpc) is 3.15. The number of nitrogens with one attached hydrogen (secondary N) is 1. The predicted molar refractivity (Wildman–Crippen MR) is 107 cm³/mol. The van der Waals surface area contributed by atoms with Crippen LogP contribution in [-0.4, -0.2) is 21.0 Å². The van der Waals surface area contributed by atoms with Crippen LogP contribution in [0.2, 0.25) is 5.02 Å². The molecule has 0 radical (unpaired) electrons. The van der Waals surface area contributed by atoms with Gasteiger partial charge in [0.1, 0.15) is 5.82 Å². The van der Waals surface area contributed by atoms with Crippen molar-refractivity contribution in [1.29, 1.82) is 0 Å². The lowest BCUT2D eigenvalue weighted by molar-refractivity contribution is 0.0697. The number of carbonyl (C=O) groups is 1. The minimum atomic E-state index is -0.951. The minimum Gasteiger partial charge on any atom is -0.478 e. The third-order valence-electron chi connectivity index (χ3n) is 4.29. The van der Waals surface area contributed by atoms with Crippen molar-refractivity contribution in [2.24, 2.45) is 0 Å². The molecule has 0 saturated heterocycles. The summed E-state index contributed by atoms with van der Waals surface area (Å²) < 4.78 is 0. The number of H-pyrrole nitrogens is 1. The number of rotatable bonds is 4. The zero-order valence-corrected chi connectivity index (χ0v) is 14.9. The molecule has 0 bridgehead atoms. The van der Waals surface area contributed by atoms with Crippen molar-refractivity contribution >= 4 is 17.6 Å². The summed E-state index contributed by atoms with van der Waals surface area (Å²) in [5.41, 5.74) is 4.74. The molecule has 3 aromatic carbocycles. The first-order valence-corrected chi connectivity index (χ1v) is 8.75. The summed E-state index contributed by atoms with van der Waals surface area (Å²) in [5, 5.41) is 9.75. The molecule has 0 amide bonds. The molecule has 0 aliphatic carbocycles. The van der Waals surface area contributed by atoms with Crippen molar-refractivity contribution in [3.05, 3.63) is 89.4 Å². The van der Waals surface area contributed by atoms with Crippen LogP contribution < -0.4 is 0 Å². The lowest BCUT2D eigenvalue weighted by Gasteiger charge is -2.03. The number of nitrogens with zero attached hydrogens (tertiary/aromatic N) is 1. The monoisotopic (exact) mass is 374 g/mol. The van der Waals surface area contributed by atoms with Gasteiger partial charge < -0.3 is 10.1 Å². The van der Waals surface area contributed by atoms with Crippen LogP contribution >= 0.6 is 11.6 Å². The molecule has 0 spiro atoms. The molecule has 1 heterocycles. The second-order valence-corrected chi connectivity index (χ2v) is 6.50. The van der Waals surface area contributed by atoms with Crippen LogP contribution in [0.4, 0.5) is 0 Å². The van der Waals surface area contributed by atoms with E-state index in [1.165, 1.54) is 0 Å². The first-order chi connectivity index (χ1) is 13.1. The molecule has 0 fully saturated rings. The van der Waals surface area contributed by atoms with Crippen molar-refractivity contribution in [3.8, 4) is 33.9 Å². The smallest absolute Gasteiger partial charge is 0.335 e. The molecule has 0 unspecified atom stereocenters. The number of aromatic carboxylic acids is 1. The van der Waals surface area contributed by atoms with E-state index in [9.17, 15) is 4.79 Å². The molecule has 0 aliphatic rings. The minimum absolute atomic E-state index is 0.242. The summed E-state index contributed by atoms with van der Waals surface area (Å²) in [6.45, 7) is 0. The van der Waals surface area contributed by atoms with E-state index in [4.69, 9.17) is 21.7 Å². The number of benzene rings is 3. The number of aromatic amines is 1. The van der Waals surface area contributed by atoms with Gasteiger partial charge in [-0.05, 0) is 24.3 Å². The van der Waals surface area contributed by atoms with Crippen LogP contribution in [0.5, 0.6) is 0 Å². The summed E-state index contributed by atoms with van der Waals surface area (Å²) in [4.78, 5) is 19.2. The summed E-state index contributed by atoms with van der Waals surface area (Å²) in [6, 6.07) is 24.1. The van der Waals surface area contributed by atoms with Crippen molar-refractivity contribution in [3.63, 3.8) is 0 Å². The van der Waals surface area contributed by atoms with Gasteiger partial charge in [0.25, 0.3) is 0 Å². The van der Waals surface area contributed by atoms with Gasteiger partial charge in [-0.2, -0.15) is 0 Å². The average molecular weight is 375 g/mol. The number of imidazole rings is 1. The second-order valence-electron chi connectivity index (χ2n) is 6.06. The number of carboxylic acids is 1. The maximum absolute atomic E-state index is 11.1. The van der Waals surface area contributed by atoms with Gasteiger partial charge in [-0.1, -0.05) is 66.2 Å². The van der Waals surface area contributed by atoms with Crippen LogP contribution in [0.1, 0.15) is 10.4 Å². The van der Waals surface area contributed by atoms with Crippen LogP contribution in [0.15, 0.2) is 78.9 Å². The number of halogens is 1. The van der Waals surface area contributed by atoms with Crippen LogP contribution in [0.3, 0.4) is 0 Å². The third-order valence-corrected chi connectivity index (χ3v) is 4.54. The van der Waals surface area contributed by atoms with Gasteiger partial charge in [-0.15, -0.1) is 0 Å². The highest BCUT2D eigenvalue weighted by atomic mass is 35.5. The maximum Gasteiger partial charge on any atom is 0.335 e. The summed E-state index contributed by atoms with van der Waals surface area (Å²) >= 11 is 6.02. The Morgan fingerprint density at radius 1 is 0.815 bits per heavy atom. The highest BCUT2D eigenvalue weighted by Crippen LogP contribution is 2.33. The largest absolute Gasteiger partial charge is 0.478 e. The van der Waals surface area contributed by atoms with Gasteiger partial charge in [0, 0.05) is 21.7 Å². The zero-order valence-electron chi connectivity index (χ0n) is 14.2. The molecule has 2 N–H and O–H groups in total. The Labute approximate surface area is 161 Å². The fourth-order valence-electron chi connectivity index (χ4n) is 2.91. The lowest BCUT2D eigenvalue weighted by Crippen LogP contribution is -1.95. The molecule has 27 heavy (non-hydrogen) atoms. The van der Waals surface area contributed by atoms with E-state index in [2.05, 4.69) is 4.98 Å². The van der Waals surface area contributed by atoms with Crippen molar-refractivity contribution in [1.82, 2.24) is 9.97 Å². The number of hydrogen-bond donors (Lipinski definition) is 2. The number of aromatic nitrogens is 2. The fraction of sp³-hybridized carbons (Fsp3) is 0. The Balaban J connectivity index is 1.84. The van der Waals surface area contributed by atoms with E-state index < -0.39 is 5.97 Å². The first-order valence-electron chi connectivity index (χ1n) is 8.37. The Morgan fingerprint density at radius 2 is 1.44 bits per heavy atom.